The fraction of sp³-hybridized carbons (Fsp3) is 0.571. The predicted octanol–water partition coefficient (Wildman–Crippen LogP) is 3.55. The van der Waals surface area contributed by atoms with E-state index in [9.17, 15) is 8.78 Å². The highest BCUT2D eigenvalue weighted by Gasteiger charge is 2.17. The molecule has 0 bridgehead atoms. The SMILES string of the molecule is CC(C)(CCO)CNCc1cc(Br)ccc1OC(F)F. The molecule has 3 nitrogen and oxygen atoms in total. The van der Waals surface area contributed by atoms with E-state index in [4.69, 9.17) is 5.11 Å². The first-order chi connectivity index (χ1) is 9.34. The van der Waals surface area contributed by atoms with E-state index in [1.807, 2.05) is 13.8 Å². The zero-order chi connectivity index (χ0) is 15.2. The second-order valence-corrected chi connectivity index (χ2v) is 6.29. The number of alkyl halides is 2. The summed E-state index contributed by atoms with van der Waals surface area (Å²) in [6, 6.07) is 4.94. The van der Waals surface area contributed by atoms with Gasteiger partial charge in [0.25, 0.3) is 0 Å². The lowest BCUT2D eigenvalue weighted by Crippen LogP contribution is -2.30. The number of hydrogen-bond donors (Lipinski definition) is 2. The summed E-state index contributed by atoms with van der Waals surface area (Å²) < 4.78 is 30.0. The summed E-state index contributed by atoms with van der Waals surface area (Å²) in [7, 11) is 0. The first kappa shape index (κ1) is 17.3. The van der Waals surface area contributed by atoms with E-state index in [0.29, 0.717) is 25.1 Å². The minimum atomic E-state index is -2.83. The Balaban J connectivity index is 2.64. The fourth-order valence-corrected chi connectivity index (χ4v) is 2.23. The summed E-state index contributed by atoms with van der Waals surface area (Å²) in [4.78, 5) is 0. The van der Waals surface area contributed by atoms with Crippen molar-refractivity contribution in [3.05, 3.63) is 28.2 Å². The monoisotopic (exact) mass is 351 g/mol. The molecule has 0 saturated heterocycles. The molecule has 0 radical (unpaired) electrons. The first-order valence-electron chi connectivity index (χ1n) is 6.39. The van der Waals surface area contributed by atoms with Crippen molar-refractivity contribution in [2.75, 3.05) is 13.2 Å². The van der Waals surface area contributed by atoms with Crippen molar-refractivity contribution < 1.29 is 18.6 Å². The van der Waals surface area contributed by atoms with Gasteiger partial charge in [0.15, 0.2) is 0 Å². The maximum absolute atomic E-state index is 12.3. The van der Waals surface area contributed by atoms with Gasteiger partial charge in [-0.3, -0.25) is 0 Å². The second-order valence-electron chi connectivity index (χ2n) is 5.37. The molecule has 1 aromatic carbocycles. The highest BCUT2D eigenvalue weighted by atomic mass is 79.9. The van der Waals surface area contributed by atoms with E-state index < -0.39 is 6.61 Å². The van der Waals surface area contributed by atoms with Gasteiger partial charge in [-0.25, -0.2) is 0 Å². The number of aliphatic hydroxyl groups excluding tert-OH is 1. The van der Waals surface area contributed by atoms with Crippen molar-refractivity contribution in [1.29, 1.82) is 0 Å². The molecule has 0 atom stereocenters. The zero-order valence-electron chi connectivity index (χ0n) is 11.6. The van der Waals surface area contributed by atoms with Crippen LogP contribution < -0.4 is 10.1 Å². The molecule has 0 spiro atoms. The van der Waals surface area contributed by atoms with Gasteiger partial charge in [-0.1, -0.05) is 29.8 Å². The van der Waals surface area contributed by atoms with Gasteiger partial charge in [-0.2, -0.15) is 8.78 Å². The van der Waals surface area contributed by atoms with E-state index in [0.717, 1.165) is 4.47 Å². The van der Waals surface area contributed by atoms with Crippen LogP contribution in [0.25, 0.3) is 0 Å². The lowest BCUT2D eigenvalue weighted by molar-refractivity contribution is -0.0505. The highest BCUT2D eigenvalue weighted by molar-refractivity contribution is 9.10. The van der Waals surface area contributed by atoms with Crippen LogP contribution in [0.5, 0.6) is 5.75 Å². The Kier molecular flexibility index (Phi) is 6.85. The van der Waals surface area contributed by atoms with E-state index in [-0.39, 0.29) is 17.8 Å². The summed E-state index contributed by atoms with van der Waals surface area (Å²) in [5.74, 6) is 0.177. The molecule has 0 aromatic heterocycles. The molecular formula is C14H20BrF2NO2. The van der Waals surface area contributed by atoms with E-state index in [1.54, 1.807) is 12.1 Å². The van der Waals surface area contributed by atoms with Gasteiger partial charge in [0, 0.05) is 29.7 Å². The molecule has 0 saturated carbocycles. The van der Waals surface area contributed by atoms with E-state index >= 15 is 0 Å². The number of hydrogen-bond acceptors (Lipinski definition) is 3. The van der Waals surface area contributed by atoms with Gasteiger partial charge in [0.2, 0.25) is 0 Å². The lowest BCUT2D eigenvalue weighted by atomic mass is 9.90. The van der Waals surface area contributed by atoms with Crippen molar-refractivity contribution in [1.82, 2.24) is 5.32 Å². The summed E-state index contributed by atoms with van der Waals surface area (Å²) in [5, 5.41) is 12.2. The zero-order valence-corrected chi connectivity index (χ0v) is 13.2. The normalized spacial score (nSPS) is 11.9. The van der Waals surface area contributed by atoms with Gasteiger partial charge < -0.3 is 15.2 Å². The topological polar surface area (TPSA) is 41.5 Å². The molecule has 1 rings (SSSR count). The number of nitrogens with one attached hydrogen (secondary N) is 1. The lowest BCUT2D eigenvalue weighted by Gasteiger charge is -2.24. The average Bonchev–Trinajstić information content (AvgIpc) is 2.31. The van der Waals surface area contributed by atoms with Crippen molar-refractivity contribution in [2.45, 2.75) is 33.4 Å². The van der Waals surface area contributed by atoms with Crippen molar-refractivity contribution in [2.24, 2.45) is 5.41 Å². The van der Waals surface area contributed by atoms with Crippen LogP contribution >= 0.6 is 15.9 Å². The van der Waals surface area contributed by atoms with Crippen LogP contribution in [0, 0.1) is 5.41 Å². The van der Waals surface area contributed by atoms with Gasteiger partial charge in [-0.15, -0.1) is 0 Å². The van der Waals surface area contributed by atoms with Crippen LogP contribution in [-0.4, -0.2) is 24.9 Å². The minimum Gasteiger partial charge on any atom is -0.434 e. The molecule has 0 aliphatic rings. The van der Waals surface area contributed by atoms with Gasteiger partial charge in [0.05, 0.1) is 0 Å². The number of rotatable bonds is 8. The van der Waals surface area contributed by atoms with Gasteiger partial charge >= 0.3 is 6.61 Å². The van der Waals surface area contributed by atoms with Crippen LogP contribution in [-0.2, 0) is 6.54 Å². The molecule has 1 aromatic rings. The fourth-order valence-electron chi connectivity index (χ4n) is 1.82. The van der Waals surface area contributed by atoms with Gasteiger partial charge in [-0.05, 0) is 30.0 Å². The Morgan fingerprint density at radius 3 is 2.70 bits per heavy atom. The molecule has 0 aliphatic heterocycles. The van der Waals surface area contributed by atoms with E-state index in [2.05, 4.69) is 26.0 Å². The molecule has 0 unspecified atom stereocenters. The molecule has 0 heterocycles. The number of aliphatic hydroxyl groups is 1. The Bertz CT molecular complexity index is 428. The summed E-state index contributed by atoms with van der Waals surface area (Å²) >= 11 is 3.31. The van der Waals surface area contributed by atoms with Crippen molar-refractivity contribution in [3.63, 3.8) is 0 Å². The average molecular weight is 352 g/mol. The van der Waals surface area contributed by atoms with Crippen LogP contribution in [0.1, 0.15) is 25.8 Å². The predicted molar refractivity (Wildman–Crippen MR) is 78.0 cm³/mol. The molecule has 0 aliphatic carbocycles. The second kappa shape index (κ2) is 7.90. The van der Waals surface area contributed by atoms with Crippen LogP contribution in [0.15, 0.2) is 22.7 Å². The standard InChI is InChI=1S/C14H20BrF2NO2/c1-14(2,5-6-19)9-18-8-10-7-11(15)3-4-12(10)20-13(16)17/h3-4,7,13,18-19H,5-6,8-9H2,1-2H3. The summed E-state index contributed by atoms with van der Waals surface area (Å²) in [5.41, 5.74) is 0.615. The Morgan fingerprint density at radius 1 is 1.40 bits per heavy atom. The van der Waals surface area contributed by atoms with Crippen LogP contribution in [0.3, 0.4) is 0 Å². The first-order valence-corrected chi connectivity index (χ1v) is 7.18. The third kappa shape index (κ3) is 6.15. The smallest absolute Gasteiger partial charge is 0.387 e. The third-order valence-electron chi connectivity index (χ3n) is 2.95. The molecule has 2 N–H and O–H groups in total. The summed E-state index contributed by atoms with van der Waals surface area (Å²) in [6.07, 6.45) is 0.679. The van der Waals surface area contributed by atoms with E-state index in [1.165, 1.54) is 6.07 Å². The number of ether oxygens (including phenoxy) is 1. The molecule has 0 fully saturated rings. The minimum absolute atomic E-state index is 0.0511. The maximum Gasteiger partial charge on any atom is 0.387 e. The summed E-state index contributed by atoms with van der Waals surface area (Å²) in [6.45, 7) is 2.47. The molecule has 20 heavy (non-hydrogen) atoms. The largest absolute Gasteiger partial charge is 0.434 e. The van der Waals surface area contributed by atoms with Crippen molar-refractivity contribution >= 4 is 15.9 Å². The highest BCUT2D eigenvalue weighted by Crippen LogP contribution is 2.25. The van der Waals surface area contributed by atoms with Crippen LogP contribution in [0.2, 0.25) is 0 Å². The Morgan fingerprint density at radius 2 is 2.10 bits per heavy atom. The molecule has 6 heteroatoms. The van der Waals surface area contributed by atoms with Crippen molar-refractivity contribution in [3.8, 4) is 5.75 Å². The molecule has 114 valence electrons. The molecular weight excluding hydrogens is 332 g/mol. The number of halogens is 3. The van der Waals surface area contributed by atoms with Crippen LogP contribution in [0.4, 0.5) is 8.78 Å². The third-order valence-corrected chi connectivity index (χ3v) is 3.44. The maximum atomic E-state index is 12.3. The van der Waals surface area contributed by atoms with Gasteiger partial charge in [0.1, 0.15) is 5.75 Å². The quantitative estimate of drug-likeness (QED) is 0.752. The molecule has 0 amide bonds. The number of benzene rings is 1. The Labute approximate surface area is 126 Å². The Hall–Kier alpha value is -0.720.